The summed E-state index contributed by atoms with van der Waals surface area (Å²) in [5, 5.41) is 13.0. The summed E-state index contributed by atoms with van der Waals surface area (Å²) in [6.07, 6.45) is 3.38. The largest absolute Gasteiger partial charge is 0.478 e. The van der Waals surface area contributed by atoms with Crippen LogP contribution in [0.2, 0.25) is 0 Å². The van der Waals surface area contributed by atoms with E-state index in [1.54, 1.807) is 19.2 Å². The Kier molecular flexibility index (Phi) is 4.16. The fourth-order valence-electron chi connectivity index (χ4n) is 1.68. The van der Waals surface area contributed by atoms with Gasteiger partial charge in [0, 0.05) is 28.2 Å². The minimum Gasteiger partial charge on any atom is -0.478 e. The van der Waals surface area contributed by atoms with Crippen molar-refractivity contribution in [2.45, 2.75) is 6.92 Å². The van der Waals surface area contributed by atoms with E-state index in [4.69, 9.17) is 5.11 Å². The lowest BCUT2D eigenvalue weighted by atomic mass is 10.2. The van der Waals surface area contributed by atoms with Gasteiger partial charge in [0.15, 0.2) is 0 Å². The molecule has 0 amide bonds. The minimum absolute atomic E-state index is 0.323. The minimum atomic E-state index is -0.901. The summed E-state index contributed by atoms with van der Waals surface area (Å²) in [4.78, 5) is 15.0. The molecule has 4 nitrogen and oxygen atoms in total. The van der Waals surface area contributed by atoms with E-state index in [1.165, 1.54) is 0 Å². The van der Waals surface area contributed by atoms with Gasteiger partial charge in [-0.15, -0.1) is 0 Å². The number of benzene rings is 1. The molecule has 0 aliphatic carbocycles. The molecular formula is C14H13BrN2O2. The van der Waals surface area contributed by atoms with Crippen LogP contribution in [0.25, 0.3) is 10.9 Å². The molecule has 0 aliphatic heterocycles. The van der Waals surface area contributed by atoms with Crippen LogP contribution in [0.1, 0.15) is 6.92 Å². The fourth-order valence-corrected chi connectivity index (χ4v) is 2.03. The lowest BCUT2D eigenvalue weighted by Gasteiger charge is -2.07. The molecule has 0 unspecified atom stereocenters. The average molecular weight is 321 g/mol. The second kappa shape index (κ2) is 5.84. The second-order valence-corrected chi connectivity index (χ2v) is 5.02. The first-order valence-corrected chi connectivity index (χ1v) is 6.55. The number of halogens is 1. The Bertz CT molecular complexity index is 653. The zero-order valence-corrected chi connectivity index (χ0v) is 11.9. The van der Waals surface area contributed by atoms with Gasteiger partial charge in [-0.1, -0.05) is 18.2 Å². The number of hydrogen-bond donors (Lipinski definition) is 2. The van der Waals surface area contributed by atoms with Crippen LogP contribution in [-0.2, 0) is 4.79 Å². The molecule has 5 heteroatoms. The maximum absolute atomic E-state index is 10.7. The SMILES string of the molecule is C/C(=C/CNc1cccc2cc(Br)cnc12)C(=O)O. The Labute approximate surface area is 119 Å². The number of carboxylic acid groups (broad SMARTS) is 1. The van der Waals surface area contributed by atoms with Crippen LogP contribution in [-0.4, -0.2) is 22.6 Å². The van der Waals surface area contributed by atoms with E-state index in [-0.39, 0.29) is 0 Å². The molecule has 2 N–H and O–H groups in total. The maximum atomic E-state index is 10.7. The molecule has 0 bridgehead atoms. The van der Waals surface area contributed by atoms with Crippen molar-refractivity contribution in [3.05, 3.63) is 46.6 Å². The van der Waals surface area contributed by atoms with Gasteiger partial charge in [-0.05, 0) is 35.0 Å². The highest BCUT2D eigenvalue weighted by Gasteiger charge is 2.02. The average Bonchev–Trinajstić information content (AvgIpc) is 2.38. The molecule has 0 radical (unpaired) electrons. The number of nitrogens with zero attached hydrogens (tertiary/aromatic N) is 1. The molecule has 0 aliphatic rings. The van der Waals surface area contributed by atoms with Gasteiger partial charge in [-0.3, -0.25) is 4.98 Å². The fraction of sp³-hybridized carbons (Fsp3) is 0.143. The molecular weight excluding hydrogens is 308 g/mol. The van der Waals surface area contributed by atoms with Crippen molar-refractivity contribution in [1.82, 2.24) is 4.98 Å². The summed E-state index contributed by atoms with van der Waals surface area (Å²) in [6, 6.07) is 7.84. The molecule has 2 rings (SSSR count). The van der Waals surface area contributed by atoms with E-state index >= 15 is 0 Å². The van der Waals surface area contributed by atoms with Gasteiger partial charge in [-0.25, -0.2) is 4.79 Å². The number of aromatic nitrogens is 1. The highest BCUT2D eigenvalue weighted by atomic mass is 79.9. The van der Waals surface area contributed by atoms with Crippen molar-refractivity contribution in [2.75, 3.05) is 11.9 Å². The van der Waals surface area contributed by atoms with E-state index < -0.39 is 5.97 Å². The van der Waals surface area contributed by atoms with E-state index in [2.05, 4.69) is 26.2 Å². The Hall–Kier alpha value is -1.88. The van der Waals surface area contributed by atoms with Gasteiger partial charge >= 0.3 is 5.97 Å². The van der Waals surface area contributed by atoms with E-state index in [0.29, 0.717) is 12.1 Å². The first-order chi connectivity index (χ1) is 9.08. The number of para-hydroxylation sites is 1. The Morgan fingerprint density at radius 3 is 3.05 bits per heavy atom. The van der Waals surface area contributed by atoms with Crippen molar-refractivity contribution in [1.29, 1.82) is 0 Å². The van der Waals surface area contributed by atoms with Crippen molar-refractivity contribution in [3.63, 3.8) is 0 Å². The molecule has 0 saturated carbocycles. The van der Waals surface area contributed by atoms with E-state index in [1.807, 2.05) is 24.3 Å². The van der Waals surface area contributed by atoms with Gasteiger partial charge in [0.25, 0.3) is 0 Å². The Morgan fingerprint density at radius 1 is 1.53 bits per heavy atom. The highest BCUT2D eigenvalue weighted by Crippen LogP contribution is 2.23. The van der Waals surface area contributed by atoms with Crippen LogP contribution < -0.4 is 5.32 Å². The van der Waals surface area contributed by atoms with Crippen molar-refractivity contribution >= 4 is 38.5 Å². The van der Waals surface area contributed by atoms with Crippen LogP contribution in [0.15, 0.2) is 46.6 Å². The molecule has 1 heterocycles. The standard InChI is InChI=1S/C14H13BrN2O2/c1-9(14(18)19)5-6-16-12-4-2-3-10-7-11(15)8-17-13(10)12/h2-5,7-8,16H,6H2,1H3,(H,18,19)/b9-5-. The second-order valence-electron chi connectivity index (χ2n) is 4.10. The maximum Gasteiger partial charge on any atom is 0.331 e. The Balaban J connectivity index is 2.22. The third kappa shape index (κ3) is 3.32. The number of aliphatic carboxylic acids is 1. The summed E-state index contributed by atoms with van der Waals surface area (Å²) in [5.41, 5.74) is 2.08. The molecule has 1 aromatic heterocycles. The number of fused-ring (bicyclic) bond motifs is 1. The molecule has 19 heavy (non-hydrogen) atoms. The van der Waals surface area contributed by atoms with Gasteiger partial charge in [0.2, 0.25) is 0 Å². The lowest BCUT2D eigenvalue weighted by Crippen LogP contribution is -2.03. The number of nitrogens with one attached hydrogen (secondary N) is 1. The van der Waals surface area contributed by atoms with Crippen LogP contribution in [0.4, 0.5) is 5.69 Å². The zero-order valence-electron chi connectivity index (χ0n) is 10.4. The molecule has 0 saturated heterocycles. The first-order valence-electron chi connectivity index (χ1n) is 5.76. The summed E-state index contributed by atoms with van der Waals surface area (Å²) < 4.78 is 0.929. The molecule has 0 spiro atoms. The van der Waals surface area contributed by atoms with Crippen LogP contribution in [0, 0.1) is 0 Å². The molecule has 2 aromatic rings. The van der Waals surface area contributed by atoms with Crippen LogP contribution >= 0.6 is 15.9 Å². The van der Waals surface area contributed by atoms with Crippen molar-refractivity contribution in [2.24, 2.45) is 0 Å². The quantitative estimate of drug-likeness (QED) is 0.847. The number of carboxylic acids is 1. The predicted molar refractivity (Wildman–Crippen MR) is 79.3 cm³/mol. The van der Waals surface area contributed by atoms with E-state index in [9.17, 15) is 4.79 Å². The lowest BCUT2D eigenvalue weighted by molar-refractivity contribution is -0.132. The molecule has 98 valence electrons. The zero-order chi connectivity index (χ0) is 13.8. The number of hydrogen-bond acceptors (Lipinski definition) is 3. The topological polar surface area (TPSA) is 62.2 Å². The summed E-state index contributed by atoms with van der Waals surface area (Å²) in [6.45, 7) is 2.03. The number of anilines is 1. The van der Waals surface area contributed by atoms with Crippen molar-refractivity contribution in [3.8, 4) is 0 Å². The van der Waals surface area contributed by atoms with Gasteiger partial charge in [0.1, 0.15) is 0 Å². The van der Waals surface area contributed by atoms with Gasteiger partial charge in [-0.2, -0.15) is 0 Å². The number of rotatable bonds is 4. The summed E-state index contributed by atoms with van der Waals surface area (Å²) >= 11 is 3.39. The monoisotopic (exact) mass is 320 g/mol. The predicted octanol–water partition coefficient (Wildman–Crippen LogP) is 3.44. The summed E-state index contributed by atoms with van der Waals surface area (Å²) in [7, 11) is 0. The highest BCUT2D eigenvalue weighted by molar-refractivity contribution is 9.10. The van der Waals surface area contributed by atoms with E-state index in [0.717, 1.165) is 21.1 Å². The third-order valence-electron chi connectivity index (χ3n) is 2.72. The first kappa shape index (κ1) is 13.5. The molecule has 0 fully saturated rings. The molecule has 0 atom stereocenters. The Morgan fingerprint density at radius 2 is 2.32 bits per heavy atom. The van der Waals surface area contributed by atoms with Crippen molar-refractivity contribution < 1.29 is 9.90 Å². The van der Waals surface area contributed by atoms with Gasteiger partial charge in [0.05, 0.1) is 11.2 Å². The summed E-state index contributed by atoms with van der Waals surface area (Å²) in [5.74, 6) is -0.901. The number of pyridine rings is 1. The normalized spacial score (nSPS) is 11.6. The van der Waals surface area contributed by atoms with Crippen LogP contribution in [0.5, 0.6) is 0 Å². The molecule has 1 aromatic carbocycles. The number of carbonyl (C=O) groups is 1. The smallest absolute Gasteiger partial charge is 0.331 e. The third-order valence-corrected chi connectivity index (χ3v) is 3.15. The van der Waals surface area contributed by atoms with Crippen LogP contribution in [0.3, 0.4) is 0 Å². The van der Waals surface area contributed by atoms with Gasteiger partial charge < -0.3 is 10.4 Å².